The van der Waals surface area contributed by atoms with Gasteiger partial charge in [-0.05, 0) is 25.7 Å². The predicted molar refractivity (Wildman–Crippen MR) is 140 cm³/mol. The zero-order chi connectivity index (χ0) is 24.2. The van der Waals surface area contributed by atoms with E-state index >= 15 is 0 Å². The van der Waals surface area contributed by atoms with Crippen molar-refractivity contribution in [3.05, 3.63) is 50.7 Å². The molecule has 0 amide bonds. The predicted octanol–water partition coefficient (Wildman–Crippen LogP) is 6.73. The quantitative estimate of drug-likeness (QED) is 0.0826. The van der Waals surface area contributed by atoms with Crippen LogP contribution in [0.25, 0.3) is 0 Å². The summed E-state index contributed by atoms with van der Waals surface area (Å²) >= 11 is 0. The van der Waals surface area contributed by atoms with E-state index in [0.29, 0.717) is 13.2 Å². The highest BCUT2D eigenvalue weighted by atomic mass is 28.5. The van der Waals surface area contributed by atoms with Gasteiger partial charge in [0.25, 0.3) is 0 Å². The Bertz CT molecular complexity index is 519. The number of rotatable bonds is 20. The van der Waals surface area contributed by atoms with Crippen LogP contribution < -0.4 is 0 Å². The molecule has 0 aliphatic carbocycles. The van der Waals surface area contributed by atoms with E-state index in [9.17, 15) is 4.79 Å². The Morgan fingerprint density at radius 3 is 1.84 bits per heavy atom. The zero-order valence-corrected chi connectivity index (χ0v) is 23.5. The fraction of sp³-hybridized carbons (Fsp3) is 0.609. The molecule has 0 aliphatic heterocycles. The average Bonchev–Trinajstić information content (AvgIpc) is 2.74. The van der Waals surface area contributed by atoms with E-state index < -0.39 is 25.7 Å². The van der Waals surface area contributed by atoms with Gasteiger partial charge < -0.3 is 21.9 Å². The summed E-state index contributed by atoms with van der Waals surface area (Å²) in [7, 11) is -8.08. The molecular formula is C23H46O5Si3. The van der Waals surface area contributed by atoms with Crippen molar-refractivity contribution in [3.8, 4) is 0 Å². The lowest BCUT2D eigenvalue weighted by Gasteiger charge is -2.40. The molecule has 0 spiro atoms. The van der Waals surface area contributed by atoms with Crippen LogP contribution in [0.15, 0.2) is 50.7 Å². The molecule has 180 valence electrons. The van der Waals surface area contributed by atoms with Gasteiger partial charge in [0.2, 0.25) is 0 Å². The monoisotopic (exact) mass is 486 g/mol. The molecule has 0 aromatic rings. The summed E-state index contributed by atoms with van der Waals surface area (Å²) < 4.78 is 25.1. The minimum atomic E-state index is -2.86. The molecule has 0 aromatic carbocycles. The molecule has 0 bridgehead atoms. The summed E-state index contributed by atoms with van der Waals surface area (Å²) in [6, 6.07) is 1.11. The maximum atomic E-state index is 11.4. The van der Waals surface area contributed by atoms with E-state index in [1.165, 1.54) is 25.7 Å². The molecule has 0 heterocycles. The van der Waals surface area contributed by atoms with Crippen molar-refractivity contribution in [2.75, 3.05) is 13.2 Å². The van der Waals surface area contributed by atoms with E-state index in [2.05, 4.69) is 46.4 Å². The van der Waals surface area contributed by atoms with E-state index in [-0.39, 0.29) is 6.04 Å². The Balaban J connectivity index is 0. The van der Waals surface area contributed by atoms with Crippen LogP contribution in [-0.2, 0) is 21.9 Å². The minimum absolute atomic E-state index is 0.234. The molecule has 3 unspecified atom stereocenters. The maximum Gasteiger partial charge on any atom is 0.352 e. The molecular weight excluding hydrogens is 441 g/mol. The maximum absolute atomic E-state index is 11.4. The van der Waals surface area contributed by atoms with Crippen molar-refractivity contribution in [1.82, 2.24) is 0 Å². The fourth-order valence-corrected chi connectivity index (χ4v) is 15.0. The molecule has 5 nitrogen and oxygen atoms in total. The third-order valence-electron chi connectivity index (χ3n) is 4.65. The lowest BCUT2D eigenvalue weighted by molar-refractivity contribution is -0.106. The number of hydrogen-bond donors (Lipinski definition) is 0. The van der Waals surface area contributed by atoms with Gasteiger partial charge in [0.05, 0.1) is 13.2 Å². The fourth-order valence-electron chi connectivity index (χ4n) is 3.11. The van der Waals surface area contributed by atoms with E-state index in [1.54, 1.807) is 17.9 Å². The van der Waals surface area contributed by atoms with Crippen molar-refractivity contribution in [2.24, 2.45) is 0 Å². The average molecular weight is 487 g/mol. The SMILES string of the molecule is C=C.C=CCO[Si](C)(C=C)O[Si](C)(CC=O)O[Si](C)(CCCCCCCC)OCC=C. The highest BCUT2D eigenvalue weighted by molar-refractivity contribution is 6.88. The van der Waals surface area contributed by atoms with Gasteiger partial charge in [-0.25, -0.2) is 0 Å². The lowest BCUT2D eigenvalue weighted by atomic mass is 10.1. The Morgan fingerprint density at radius 2 is 1.32 bits per heavy atom. The van der Waals surface area contributed by atoms with Crippen LogP contribution >= 0.6 is 0 Å². The van der Waals surface area contributed by atoms with Crippen molar-refractivity contribution in [3.63, 3.8) is 0 Å². The summed E-state index contributed by atoms with van der Waals surface area (Å²) in [5.41, 5.74) is 1.73. The Labute approximate surface area is 195 Å². The molecule has 0 saturated heterocycles. The second-order valence-electron chi connectivity index (χ2n) is 7.78. The molecule has 0 N–H and O–H groups in total. The lowest BCUT2D eigenvalue weighted by Crippen LogP contribution is -2.57. The molecule has 3 atom stereocenters. The largest absolute Gasteiger partial charge is 0.415 e. The second-order valence-corrected chi connectivity index (χ2v) is 17.9. The first kappa shape index (κ1) is 32.3. The molecule has 0 radical (unpaired) electrons. The number of aldehydes is 1. The van der Waals surface area contributed by atoms with Crippen LogP contribution in [0.3, 0.4) is 0 Å². The number of carbonyl (C=O) groups is 1. The van der Waals surface area contributed by atoms with Crippen LogP contribution in [0.5, 0.6) is 0 Å². The zero-order valence-electron chi connectivity index (χ0n) is 20.5. The highest BCUT2D eigenvalue weighted by Crippen LogP contribution is 2.28. The molecule has 0 rings (SSSR count). The molecule has 0 aromatic heterocycles. The molecule has 8 heteroatoms. The van der Waals surface area contributed by atoms with Gasteiger partial charge in [-0.15, -0.1) is 32.9 Å². The first-order valence-electron chi connectivity index (χ1n) is 11.2. The van der Waals surface area contributed by atoms with Crippen LogP contribution in [-0.4, -0.2) is 45.2 Å². The van der Waals surface area contributed by atoms with Gasteiger partial charge in [0.15, 0.2) is 0 Å². The number of unbranched alkanes of at least 4 members (excludes halogenated alkanes) is 5. The normalized spacial score (nSPS) is 16.5. The van der Waals surface area contributed by atoms with Gasteiger partial charge in [0, 0.05) is 6.04 Å². The highest BCUT2D eigenvalue weighted by Gasteiger charge is 2.47. The van der Waals surface area contributed by atoms with Crippen molar-refractivity contribution >= 4 is 32.0 Å². The number of carbonyl (C=O) groups excluding carboxylic acids is 1. The van der Waals surface area contributed by atoms with Gasteiger partial charge in [-0.2, -0.15) is 0 Å². The molecule has 0 aliphatic rings. The first-order chi connectivity index (χ1) is 14.7. The van der Waals surface area contributed by atoms with Gasteiger partial charge in [0.1, 0.15) is 6.29 Å². The molecule has 0 fully saturated rings. The van der Waals surface area contributed by atoms with Crippen molar-refractivity contribution < 1.29 is 21.9 Å². The van der Waals surface area contributed by atoms with E-state index in [4.69, 9.17) is 17.1 Å². The van der Waals surface area contributed by atoms with Gasteiger partial charge in [-0.3, -0.25) is 0 Å². The van der Waals surface area contributed by atoms with Gasteiger partial charge in [-0.1, -0.05) is 63.3 Å². The minimum Gasteiger partial charge on any atom is -0.415 e. The second kappa shape index (κ2) is 18.7. The third kappa shape index (κ3) is 15.5. The Hall–Kier alpha value is -0.879. The van der Waals surface area contributed by atoms with Crippen LogP contribution in [0, 0.1) is 0 Å². The van der Waals surface area contributed by atoms with Crippen LogP contribution in [0.2, 0.25) is 31.7 Å². The van der Waals surface area contributed by atoms with Crippen LogP contribution in [0.4, 0.5) is 0 Å². The summed E-state index contributed by atoms with van der Waals surface area (Å²) in [5.74, 6) is 0. The van der Waals surface area contributed by atoms with E-state index in [0.717, 1.165) is 25.2 Å². The van der Waals surface area contributed by atoms with E-state index in [1.807, 2.05) is 13.1 Å². The number of hydrogen-bond acceptors (Lipinski definition) is 5. The van der Waals surface area contributed by atoms with Gasteiger partial charge >= 0.3 is 25.7 Å². The Morgan fingerprint density at radius 1 is 0.774 bits per heavy atom. The Kier molecular flexibility index (Phi) is 19.5. The summed E-state index contributed by atoms with van der Waals surface area (Å²) in [6.45, 7) is 26.3. The standard InChI is InChI=1S/C21H42O5Si3.C2H4/c1-8-12-13-14-15-16-20-28(6,24-19-10-3)26-29(7,21-17-22)25-27(5,11-4)23-18-9-2;1-2/h9-11,17H,2-4,8,12-16,18-21H2,1,5-7H3;1-2H2. The summed E-state index contributed by atoms with van der Waals surface area (Å²) in [5, 5.41) is 0. The van der Waals surface area contributed by atoms with Crippen molar-refractivity contribution in [2.45, 2.75) is 77.2 Å². The van der Waals surface area contributed by atoms with Crippen molar-refractivity contribution in [1.29, 1.82) is 0 Å². The topological polar surface area (TPSA) is 54.0 Å². The first-order valence-corrected chi connectivity index (χ1v) is 18.6. The third-order valence-corrected chi connectivity index (χ3v) is 15.9. The summed E-state index contributed by atoms with van der Waals surface area (Å²) in [4.78, 5) is 11.4. The molecule has 31 heavy (non-hydrogen) atoms. The van der Waals surface area contributed by atoms with Crippen LogP contribution in [0.1, 0.15) is 45.4 Å². The summed E-state index contributed by atoms with van der Waals surface area (Å²) in [6.07, 6.45) is 11.6. The smallest absolute Gasteiger partial charge is 0.352 e. The molecule has 0 saturated carbocycles.